The summed E-state index contributed by atoms with van der Waals surface area (Å²) in [5, 5.41) is 0.755. The molecule has 0 aliphatic carbocycles. The summed E-state index contributed by atoms with van der Waals surface area (Å²) in [7, 11) is 1.64. The van der Waals surface area contributed by atoms with E-state index in [4.69, 9.17) is 4.74 Å². The van der Waals surface area contributed by atoms with Gasteiger partial charge in [-0.15, -0.1) is 0 Å². The van der Waals surface area contributed by atoms with Crippen molar-refractivity contribution in [3.63, 3.8) is 0 Å². The van der Waals surface area contributed by atoms with Crippen LogP contribution in [0.1, 0.15) is 50.3 Å². The molecule has 0 amide bonds. The Labute approximate surface area is 126 Å². The standard InChI is InChI=1S/C18H25NO2/c1-4-5-6-7-8-9-15-13(2)19-17-12-14(21-3)10-11-16(17)18(15)20/h10-12H,4-9H2,1-3H3,(H,19,20). The molecule has 114 valence electrons. The number of fused-ring (bicyclic) bond motifs is 1. The first-order chi connectivity index (χ1) is 10.2. The molecule has 1 aromatic carbocycles. The second kappa shape index (κ2) is 7.30. The summed E-state index contributed by atoms with van der Waals surface area (Å²) in [6.07, 6.45) is 6.95. The van der Waals surface area contributed by atoms with E-state index in [9.17, 15) is 4.79 Å². The molecule has 1 N–H and O–H groups in total. The van der Waals surface area contributed by atoms with Gasteiger partial charge in [-0.25, -0.2) is 0 Å². The van der Waals surface area contributed by atoms with Gasteiger partial charge in [0.25, 0.3) is 0 Å². The molecule has 0 fully saturated rings. The van der Waals surface area contributed by atoms with Crippen molar-refractivity contribution in [1.82, 2.24) is 4.98 Å². The first-order valence-electron chi connectivity index (χ1n) is 7.87. The van der Waals surface area contributed by atoms with Crippen molar-refractivity contribution in [3.05, 3.63) is 39.7 Å². The lowest BCUT2D eigenvalue weighted by atomic mass is 10.0. The molecule has 0 spiro atoms. The van der Waals surface area contributed by atoms with Gasteiger partial charge in [-0.05, 0) is 31.9 Å². The fourth-order valence-corrected chi connectivity index (χ4v) is 2.77. The number of aromatic amines is 1. The van der Waals surface area contributed by atoms with Gasteiger partial charge in [-0.1, -0.05) is 32.6 Å². The van der Waals surface area contributed by atoms with E-state index in [0.29, 0.717) is 0 Å². The molecule has 3 heteroatoms. The molecule has 0 saturated heterocycles. The third-order valence-corrected chi connectivity index (χ3v) is 4.05. The van der Waals surface area contributed by atoms with Gasteiger partial charge in [-0.2, -0.15) is 0 Å². The Hall–Kier alpha value is -1.77. The zero-order valence-electron chi connectivity index (χ0n) is 13.3. The quantitative estimate of drug-likeness (QED) is 0.769. The fourth-order valence-electron chi connectivity index (χ4n) is 2.77. The molecule has 0 unspecified atom stereocenters. The fraction of sp³-hybridized carbons (Fsp3) is 0.500. The van der Waals surface area contributed by atoms with Crippen LogP contribution in [0.15, 0.2) is 23.0 Å². The summed E-state index contributed by atoms with van der Waals surface area (Å²) < 4.78 is 5.21. The molecule has 0 aliphatic heterocycles. The SMILES string of the molecule is CCCCCCCc1c(C)[nH]c2cc(OC)ccc2c1=O. The summed E-state index contributed by atoms with van der Waals surface area (Å²) in [5.74, 6) is 0.768. The largest absolute Gasteiger partial charge is 0.497 e. The molecule has 2 rings (SSSR count). The van der Waals surface area contributed by atoms with Gasteiger partial charge < -0.3 is 9.72 Å². The Morgan fingerprint density at radius 2 is 1.90 bits per heavy atom. The molecule has 0 atom stereocenters. The topological polar surface area (TPSA) is 42.1 Å². The zero-order chi connectivity index (χ0) is 15.2. The maximum Gasteiger partial charge on any atom is 0.192 e. The lowest BCUT2D eigenvalue weighted by Gasteiger charge is -2.09. The smallest absolute Gasteiger partial charge is 0.192 e. The van der Waals surface area contributed by atoms with Crippen LogP contribution in [0.25, 0.3) is 10.9 Å². The number of aromatic nitrogens is 1. The Kier molecular flexibility index (Phi) is 5.43. The van der Waals surface area contributed by atoms with E-state index in [0.717, 1.165) is 40.8 Å². The summed E-state index contributed by atoms with van der Waals surface area (Å²) in [4.78, 5) is 16.0. The van der Waals surface area contributed by atoms with Crippen molar-refractivity contribution in [2.75, 3.05) is 7.11 Å². The van der Waals surface area contributed by atoms with Gasteiger partial charge in [0.05, 0.1) is 12.6 Å². The molecule has 1 heterocycles. The molecule has 0 aliphatic rings. The molecular formula is C18H25NO2. The number of unbranched alkanes of at least 4 members (excludes halogenated alkanes) is 4. The molecule has 0 bridgehead atoms. The minimum Gasteiger partial charge on any atom is -0.497 e. The molecule has 3 nitrogen and oxygen atoms in total. The first kappa shape index (κ1) is 15.6. The number of hydrogen-bond donors (Lipinski definition) is 1. The number of aryl methyl sites for hydroxylation is 1. The average Bonchev–Trinajstić information content (AvgIpc) is 2.49. The molecule has 0 saturated carbocycles. The van der Waals surface area contributed by atoms with E-state index < -0.39 is 0 Å². The lowest BCUT2D eigenvalue weighted by Crippen LogP contribution is -2.13. The summed E-state index contributed by atoms with van der Waals surface area (Å²) >= 11 is 0. The van der Waals surface area contributed by atoms with Crippen molar-refractivity contribution < 1.29 is 4.74 Å². The van der Waals surface area contributed by atoms with E-state index in [1.165, 1.54) is 25.7 Å². The summed E-state index contributed by atoms with van der Waals surface area (Å²) in [6, 6.07) is 5.58. The highest BCUT2D eigenvalue weighted by Gasteiger charge is 2.09. The minimum absolute atomic E-state index is 0.166. The third-order valence-electron chi connectivity index (χ3n) is 4.05. The number of benzene rings is 1. The van der Waals surface area contributed by atoms with Crippen LogP contribution in [0.4, 0.5) is 0 Å². The van der Waals surface area contributed by atoms with Crippen molar-refractivity contribution in [2.24, 2.45) is 0 Å². The minimum atomic E-state index is 0.166. The molecule has 21 heavy (non-hydrogen) atoms. The lowest BCUT2D eigenvalue weighted by molar-refractivity contribution is 0.415. The third kappa shape index (κ3) is 3.66. The Balaban J connectivity index is 2.22. The molecular weight excluding hydrogens is 262 g/mol. The van der Waals surface area contributed by atoms with Crippen LogP contribution in [-0.2, 0) is 6.42 Å². The highest BCUT2D eigenvalue weighted by atomic mass is 16.5. The first-order valence-corrected chi connectivity index (χ1v) is 7.87. The van der Waals surface area contributed by atoms with Crippen LogP contribution in [-0.4, -0.2) is 12.1 Å². The summed E-state index contributed by atoms with van der Waals surface area (Å²) in [5.41, 5.74) is 2.94. The molecule has 0 radical (unpaired) electrons. The Morgan fingerprint density at radius 3 is 2.62 bits per heavy atom. The van der Waals surface area contributed by atoms with Crippen LogP contribution in [0.3, 0.4) is 0 Å². The number of methoxy groups -OCH3 is 1. The van der Waals surface area contributed by atoms with Gasteiger partial charge in [-0.3, -0.25) is 4.79 Å². The second-order valence-corrected chi connectivity index (χ2v) is 5.63. The Bertz CT molecular complexity index is 658. The monoisotopic (exact) mass is 287 g/mol. The van der Waals surface area contributed by atoms with Gasteiger partial charge in [0.1, 0.15) is 5.75 Å². The number of H-pyrrole nitrogens is 1. The van der Waals surface area contributed by atoms with Crippen molar-refractivity contribution >= 4 is 10.9 Å². The predicted octanol–water partition coefficient (Wildman–Crippen LogP) is 4.36. The van der Waals surface area contributed by atoms with Crippen LogP contribution in [0, 0.1) is 6.92 Å². The van der Waals surface area contributed by atoms with Gasteiger partial charge in [0.15, 0.2) is 5.43 Å². The number of nitrogens with one attached hydrogen (secondary N) is 1. The second-order valence-electron chi connectivity index (χ2n) is 5.63. The zero-order valence-corrected chi connectivity index (χ0v) is 13.3. The average molecular weight is 287 g/mol. The van der Waals surface area contributed by atoms with Crippen molar-refractivity contribution in [1.29, 1.82) is 0 Å². The maximum atomic E-state index is 12.6. The normalized spacial score (nSPS) is 11.0. The van der Waals surface area contributed by atoms with Crippen molar-refractivity contribution in [2.45, 2.75) is 52.4 Å². The number of hydrogen-bond acceptors (Lipinski definition) is 2. The van der Waals surface area contributed by atoms with Crippen LogP contribution >= 0.6 is 0 Å². The number of pyridine rings is 1. The van der Waals surface area contributed by atoms with Crippen molar-refractivity contribution in [3.8, 4) is 5.75 Å². The van der Waals surface area contributed by atoms with Crippen LogP contribution in [0.2, 0.25) is 0 Å². The molecule has 1 aromatic heterocycles. The highest BCUT2D eigenvalue weighted by Crippen LogP contribution is 2.19. The number of ether oxygens (including phenoxy) is 1. The van der Waals surface area contributed by atoms with E-state index >= 15 is 0 Å². The highest BCUT2D eigenvalue weighted by molar-refractivity contribution is 5.80. The van der Waals surface area contributed by atoms with E-state index in [2.05, 4.69) is 11.9 Å². The van der Waals surface area contributed by atoms with Crippen LogP contribution in [0.5, 0.6) is 5.75 Å². The van der Waals surface area contributed by atoms with E-state index in [1.54, 1.807) is 7.11 Å². The summed E-state index contributed by atoms with van der Waals surface area (Å²) in [6.45, 7) is 4.20. The Morgan fingerprint density at radius 1 is 1.14 bits per heavy atom. The number of rotatable bonds is 7. The maximum absolute atomic E-state index is 12.6. The molecule has 2 aromatic rings. The van der Waals surface area contributed by atoms with E-state index in [1.807, 2.05) is 25.1 Å². The van der Waals surface area contributed by atoms with Gasteiger partial charge in [0.2, 0.25) is 0 Å². The predicted molar refractivity (Wildman–Crippen MR) is 88.3 cm³/mol. The van der Waals surface area contributed by atoms with E-state index in [-0.39, 0.29) is 5.43 Å². The van der Waals surface area contributed by atoms with Gasteiger partial charge in [0, 0.05) is 22.7 Å². The van der Waals surface area contributed by atoms with Gasteiger partial charge >= 0.3 is 0 Å². The van der Waals surface area contributed by atoms with Crippen LogP contribution < -0.4 is 10.2 Å².